The van der Waals surface area contributed by atoms with Gasteiger partial charge in [0.05, 0.1) is 0 Å². The number of para-hydroxylation sites is 1. The molecular weight excluding hydrogens is 259 g/mol. The predicted octanol–water partition coefficient (Wildman–Crippen LogP) is 2.08. The maximum absolute atomic E-state index is 13.7. The first-order valence-corrected chi connectivity index (χ1v) is 6.79. The molecule has 0 saturated carbocycles. The molecule has 1 unspecified atom stereocenters. The maximum Gasteiger partial charge on any atom is 0.258 e. The largest absolute Gasteiger partial charge is 0.480 e. The predicted molar refractivity (Wildman–Crippen MR) is 77.1 cm³/mol. The van der Waals surface area contributed by atoms with E-state index in [0.29, 0.717) is 18.0 Å². The number of nitrogens with one attached hydrogen (secondary N) is 2. The molecule has 0 aromatic heterocycles. The van der Waals surface area contributed by atoms with Crippen LogP contribution in [0.25, 0.3) is 0 Å². The molecule has 4 nitrogen and oxygen atoms in total. The zero-order valence-electron chi connectivity index (χ0n) is 12.5. The maximum atomic E-state index is 13.7. The molecule has 0 aliphatic carbocycles. The molecule has 0 fully saturated rings. The fourth-order valence-electron chi connectivity index (χ4n) is 1.64. The molecular formula is C15H23FN2O2. The summed E-state index contributed by atoms with van der Waals surface area (Å²) in [6, 6.07) is 4.77. The molecule has 20 heavy (non-hydrogen) atoms. The highest BCUT2D eigenvalue weighted by Crippen LogP contribution is 2.22. The van der Waals surface area contributed by atoms with Crippen molar-refractivity contribution in [1.82, 2.24) is 10.6 Å². The van der Waals surface area contributed by atoms with E-state index in [1.165, 1.54) is 6.07 Å². The Labute approximate surface area is 119 Å². The van der Waals surface area contributed by atoms with Gasteiger partial charge in [0.1, 0.15) is 0 Å². The van der Waals surface area contributed by atoms with Crippen molar-refractivity contribution in [2.75, 3.05) is 13.7 Å². The van der Waals surface area contributed by atoms with E-state index in [0.717, 1.165) is 0 Å². The second kappa shape index (κ2) is 7.85. The second-order valence-corrected chi connectivity index (χ2v) is 5.15. The van der Waals surface area contributed by atoms with Gasteiger partial charge in [-0.15, -0.1) is 0 Å². The van der Waals surface area contributed by atoms with Gasteiger partial charge in [-0.25, -0.2) is 4.39 Å². The number of hydrogen-bond donors (Lipinski definition) is 2. The normalized spacial score (nSPS) is 12.3. The first-order chi connectivity index (χ1) is 9.45. The fourth-order valence-corrected chi connectivity index (χ4v) is 1.64. The minimum absolute atomic E-state index is 0.0588. The molecule has 0 heterocycles. The van der Waals surface area contributed by atoms with E-state index in [9.17, 15) is 9.18 Å². The lowest BCUT2D eigenvalue weighted by Crippen LogP contribution is -2.39. The van der Waals surface area contributed by atoms with Crippen LogP contribution in [-0.4, -0.2) is 25.6 Å². The quantitative estimate of drug-likeness (QED) is 0.805. The highest BCUT2D eigenvalue weighted by Gasteiger charge is 2.14. The van der Waals surface area contributed by atoms with Crippen molar-refractivity contribution in [3.05, 3.63) is 29.6 Å². The number of benzene rings is 1. The summed E-state index contributed by atoms with van der Waals surface area (Å²) in [4.78, 5) is 11.7. The van der Waals surface area contributed by atoms with Gasteiger partial charge in [-0.05, 0) is 26.0 Å². The molecule has 1 aromatic carbocycles. The van der Waals surface area contributed by atoms with Crippen LogP contribution in [0.15, 0.2) is 18.2 Å². The number of carbonyl (C=O) groups is 1. The molecule has 1 amide bonds. The first-order valence-electron chi connectivity index (χ1n) is 6.79. The van der Waals surface area contributed by atoms with E-state index in [1.807, 2.05) is 20.8 Å². The van der Waals surface area contributed by atoms with E-state index in [1.54, 1.807) is 19.2 Å². The minimum atomic E-state index is -0.456. The van der Waals surface area contributed by atoms with Crippen LogP contribution in [0, 0.1) is 11.7 Å². The van der Waals surface area contributed by atoms with E-state index < -0.39 is 5.82 Å². The molecule has 0 aliphatic rings. The van der Waals surface area contributed by atoms with Crippen LogP contribution in [0.5, 0.6) is 5.75 Å². The molecule has 1 rings (SSSR count). The summed E-state index contributed by atoms with van der Waals surface area (Å²) in [7, 11) is 1.77. The highest BCUT2D eigenvalue weighted by atomic mass is 19.1. The van der Waals surface area contributed by atoms with Gasteiger partial charge in [-0.2, -0.15) is 0 Å². The Morgan fingerprint density at radius 3 is 2.65 bits per heavy atom. The van der Waals surface area contributed by atoms with Gasteiger partial charge in [-0.3, -0.25) is 4.79 Å². The van der Waals surface area contributed by atoms with Crippen LogP contribution in [-0.2, 0) is 11.3 Å². The lowest BCUT2D eigenvalue weighted by molar-refractivity contribution is -0.124. The van der Waals surface area contributed by atoms with Crippen molar-refractivity contribution < 1.29 is 13.9 Å². The molecule has 0 bridgehead atoms. The Kier molecular flexibility index (Phi) is 6.45. The Morgan fingerprint density at radius 2 is 2.05 bits per heavy atom. The number of ether oxygens (including phenoxy) is 1. The third-order valence-electron chi connectivity index (χ3n) is 3.15. The lowest BCUT2D eigenvalue weighted by atomic mass is 10.1. The van der Waals surface area contributed by atoms with E-state index in [2.05, 4.69) is 10.6 Å². The Morgan fingerprint density at radius 1 is 1.35 bits per heavy atom. The van der Waals surface area contributed by atoms with Crippen LogP contribution >= 0.6 is 0 Å². The Hall–Kier alpha value is -1.62. The average Bonchev–Trinajstić information content (AvgIpc) is 2.38. The van der Waals surface area contributed by atoms with Gasteiger partial charge in [0.25, 0.3) is 5.91 Å². The van der Waals surface area contributed by atoms with E-state index >= 15 is 0 Å². The zero-order valence-corrected chi connectivity index (χ0v) is 12.5. The lowest BCUT2D eigenvalue weighted by Gasteiger charge is -2.18. The van der Waals surface area contributed by atoms with E-state index in [-0.39, 0.29) is 24.3 Å². The molecule has 2 N–H and O–H groups in total. The van der Waals surface area contributed by atoms with Crippen LogP contribution in [0.4, 0.5) is 4.39 Å². The van der Waals surface area contributed by atoms with Crippen molar-refractivity contribution in [1.29, 1.82) is 0 Å². The van der Waals surface area contributed by atoms with Crippen molar-refractivity contribution in [3.63, 3.8) is 0 Å². The minimum Gasteiger partial charge on any atom is -0.480 e. The number of halogens is 1. The summed E-state index contributed by atoms with van der Waals surface area (Å²) in [6.07, 6.45) is 0. The van der Waals surface area contributed by atoms with Crippen molar-refractivity contribution >= 4 is 5.91 Å². The molecule has 0 radical (unpaired) electrons. The molecule has 0 saturated heterocycles. The summed E-state index contributed by atoms with van der Waals surface area (Å²) in [6.45, 7) is 6.27. The van der Waals surface area contributed by atoms with Gasteiger partial charge in [-0.1, -0.05) is 26.0 Å². The monoisotopic (exact) mass is 282 g/mol. The molecule has 112 valence electrons. The summed E-state index contributed by atoms with van der Waals surface area (Å²) in [5.41, 5.74) is 0.692. The summed E-state index contributed by atoms with van der Waals surface area (Å²) < 4.78 is 19.1. The SMILES string of the molecule is CNCc1cccc(F)c1OCC(=O)NC(C)C(C)C. The van der Waals surface area contributed by atoms with Crippen molar-refractivity contribution in [2.24, 2.45) is 5.92 Å². The Balaban J connectivity index is 2.63. The zero-order chi connectivity index (χ0) is 15.1. The van der Waals surface area contributed by atoms with Gasteiger partial charge < -0.3 is 15.4 Å². The Bertz CT molecular complexity index is 449. The van der Waals surface area contributed by atoms with Crippen LogP contribution in [0.1, 0.15) is 26.3 Å². The molecule has 0 spiro atoms. The summed E-state index contributed by atoms with van der Waals surface area (Å²) >= 11 is 0. The van der Waals surface area contributed by atoms with Gasteiger partial charge in [0.2, 0.25) is 0 Å². The number of hydrogen-bond acceptors (Lipinski definition) is 3. The van der Waals surface area contributed by atoms with Crippen LogP contribution in [0.2, 0.25) is 0 Å². The van der Waals surface area contributed by atoms with Gasteiger partial charge in [0.15, 0.2) is 18.2 Å². The smallest absolute Gasteiger partial charge is 0.258 e. The number of amides is 1. The first kappa shape index (κ1) is 16.4. The molecule has 1 atom stereocenters. The third-order valence-corrected chi connectivity index (χ3v) is 3.15. The van der Waals surface area contributed by atoms with E-state index in [4.69, 9.17) is 4.74 Å². The van der Waals surface area contributed by atoms with Crippen LogP contribution in [0.3, 0.4) is 0 Å². The highest BCUT2D eigenvalue weighted by molar-refractivity contribution is 5.77. The fraction of sp³-hybridized carbons (Fsp3) is 0.533. The van der Waals surface area contributed by atoms with Crippen molar-refractivity contribution in [3.8, 4) is 5.75 Å². The topological polar surface area (TPSA) is 50.4 Å². The number of carbonyl (C=O) groups excluding carboxylic acids is 1. The summed E-state index contributed by atoms with van der Waals surface area (Å²) in [5.74, 6) is -0.228. The number of rotatable bonds is 7. The average molecular weight is 282 g/mol. The van der Waals surface area contributed by atoms with Crippen molar-refractivity contribution in [2.45, 2.75) is 33.4 Å². The third kappa shape index (κ3) is 4.81. The second-order valence-electron chi connectivity index (χ2n) is 5.15. The standard InChI is InChI=1S/C15H23FN2O2/c1-10(2)11(3)18-14(19)9-20-15-12(8-17-4)6-5-7-13(15)16/h5-7,10-11,17H,8-9H2,1-4H3,(H,18,19). The molecule has 1 aromatic rings. The van der Waals surface area contributed by atoms with Gasteiger partial charge >= 0.3 is 0 Å². The van der Waals surface area contributed by atoms with Crippen LogP contribution < -0.4 is 15.4 Å². The molecule has 0 aliphatic heterocycles. The molecule has 5 heteroatoms. The summed E-state index contributed by atoms with van der Waals surface area (Å²) in [5, 5.41) is 5.76. The van der Waals surface area contributed by atoms with Gasteiger partial charge in [0, 0.05) is 18.2 Å².